The molecule has 0 amide bonds. The van der Waals surface area contributed by atoms with Crippen molar-refractivity contribution in [2.24, 2.45) is 0 Å². The van der Waals surface area contributed by atoms with Crippen molar-refractivity contribution in [1.29, 1.82) is 0 Å². The predicted molar refractivity (Wildman–Crippen MR) is 102 cm³/mol. The lowest BCUT2D eigenvalue weighted by molar-refractivity contribution is -0.880. The van der Waals surface area contributed by atoms with Gasteiger partial charge in [-0.05, 0) is 17.2 Å². The second kappa shape index (κ2) is 9.16. The Morgan fingerprint density at radius 3 is 2.78 bits per heavy atom. The molecule has 144 valence electrons. The number of carbonyl (C=O) groups excluding carboxylic acids is 1. The van der Waals surface area contributed by atoms with Crippen LogP contribution in [0.5, 0.6) is 0 Å². The monoisotopic (exact) mass is 388 g/mol. The molecule has 1 aromatic heterocycles. The van der Waals surface area contributed by atoms with Crippen molar-refractivity contribution >= 4 is 23.5 Å². The molecule has 8 heteroatoms. The minimum absolute atomic E-state index is 0.183. The Morgan fingerprint density at radius 1 is 1.30 bits per heavy atom. The number of hydrogen-bond acceptors (Lipinski definition) is 7. The highest BCUT2D eigenvalue weighted by Crippen LogP contribution is 2.23. The van der Waals surface area contributed by atoms with E-state index < -0.39 is 5.97 Å². The molecule has 27 heavy (non-hydrogen) atoms. The van der Waals surface area contributed by atoms with Gasteiger partial charge in [0.2, 0.25) is 0 Å². The third-order valence-electron chi connectivity index (χ3n) is 4.51. The Kier molecular flexibility index (Phi) is 6.65. The van der Waals surface area contributed by atoms with Gasteiger partial charge in [0.25, 0.3) is 0 Å². The van der Waals surface area contributed by atoms with Crippen LogP contribution in [0.15, 0.2) is 35.5 Å². The van der Waals surface area contributed by atoms with Crippen LogP contribution in [0.1, 0.15) is 21.6 Å². The number of thioether (sulfide) groups is 1. The first-order valence-electron chi connectivity index (χ1n) is 8.91. The fourth-order valence-corrected chi connectivity index (χ4v) is 3.78. The fourth-order valence-electron chi connectivity index (χ4n) is 2.96. The van der Waals surface area contributed by atoms with E-state index in [1.54, 1.807) is 19.2 Å². The molecule has 7 nitrogen and oxygen atoms in total. The number of benzene rings is 1. The predicted octanol–water partition coefficient (Wildman–Crippen LogP) is -0.386. The number of rotatable bonds is 7. The normalized spacial score (nSPS) is 15.1. The zero-order valence-corrected chi connectivity index (χ0v) is 16.4. The lowest BCUT2D eigenvalue weighted by Crippen LogP contribution is -3.12. The number of carboxylic acid groups (broad SMARTS) is 1. The van der Waals surface area contributed by atoms with Gasteiger partial charge in [0.05, 0.1) is 51.5 Å². The molecule has 0 unspecified atom stereocenters. The minimum Gasteiger partial charge on any atom is -0.545 e. The zero-order chi connectivity index (χ0) is 19.2. The van der Waals surface area contributed by atoms with Crippen LogP contribution in [-0.2, 0) is 17.1 Å². The zero-order valence-electron chi connectivity index (χ0n) is 15.6. The topological polar surface area (TPSA) is 82.8 Å². The summed E-state index contributed by atoms with van der Waals surface area (Å²) in [7, 11) is 3.86. The summed E-state index contributed by atoms with van der Waals surface area (Å²) in [5.74, 6) is 0.347. The molecule has 1 aliphatic rings. The first-order chi connectivity index (χ1) is 13.0. The van der Waals surface area contributed by atoms with E-state index in [1.807, 2.05) is 12.1 Å². The van der Waals surface area contributed by atoms with E-state index in [4.69, 9.17) is 9.72 Å². The number of likely N-dealkylation sites (N-methyl/N-ethyl adjacent to an activating group) is 1. The summed E-state index contributed by atoms with van der Waals surface area (Å²) in [5, 5.41) is 11.7. The molecule has 0 spiro atoms. The van der Waals surface area contributed by atoms with Gasteiger partial charge in [0.1, 0.15) is 5.82 Å². The number of quaternary nitrogens is 1. The summed E-state index contributed by atoms with van der Waals surface area (Å²) in [6, 6.07) is 8.77. The van der Waals surface area contributed by atoms with Crippen molar-refractivity contribution < 1.29 is 19.5 Å². The third-order valence-corrected chi connectivity index (χ3v) is 5.43. The van der Waals surface area contributed by atoms with Gasteiger partial charge in [-0.1, -0.05) is 30.0 Å². The summed E-state index contributed by atoms with van der Waals surface area (Å²) in [6.07, 6.45) is 0. The Morgan fingerprint density at radius 2 is 2.07 bits per heavy atom. The number of aromatic carboxylic acids is 1. The molecule has 0 saturated carbocycles. The molecular formula is C19H24N4O3S. The molecule has 2 heterocycles. The van der Waals surface area contributed by atoms with Crippen molar-refractivity contribution in [3.63, 3.8) is 0 Å². The van der Waals surface area contributed by atoms with Gasteiger partial charge >= 0.3 is 0 Å². The largest absolute Gasteiger partial charge is 0.545 e. The lowest BCUT2D eigenvalue weighted by Gasteiger charge is -2.31. The SMILES string of the molecule is COCc1cc(N2CC[NH+](C)CC2)nc(SCc2cccc(C(=O)[O-])c2)n1. The maximum absolute atomic E-state index is 11.0. The van der Waals surface area contributed by atoms with Gasteiger partial charge in [-0.25, -0.2) is 9.97 Å². The second-order valence-electron chi connectivity index (χ2n) is 6.65. The summed E-state index contributed by atoms with van der Waals surface area (Å²) in [4.78, 5) is 24.1. The summed E-state index contributed by atoms with van der Waals surface area (Å²) in [6.45, 7) is 4.53. The van der Waals surface area contributed by atoms with Gasteiger partial charge in [-0.3, -0.25) is 0 Å². The molecule has 0 atom stereocenters. The Labute approximate surface area is 163 Å². The Hall–Kier alpha value is -2.16. The van der Waals surface area contributed by atoms with Crippen molar-refractivity contribution in [2.75, 3.05) is 45.2 Å². The van der Waals surface area contributed by atoms with Crippen LogP contribution in [0.3, 0.4) is 0 Å². The molecule has 0 radical (unpaired) electrons. The smallest absolute Gasteiger partial charge is 0.190 e. The highest BCUT2D eigenvalue weighted by atomic mass is 32.2. The van der Waals surface area contributed by atoms with Crippen LogP contribution < -0.4 is 14.9 Å². The number of nitrogens with one attached hydrogen (secondary N) is 1. The van der Waals surface area contributed by atoms with Gasteiger partial charge < -0.3 is 24.4 Å². The quantitative estimate of drug-likeness (QED) is 0.511. The number of anilines is 1. The van der Waals surface area contributed by atoms with Gasteiger partial charge in [-0.2, -0.15) is 0 Å². The van der Waals surface area contributed by atoms with Crippen LogP contribution in [0.2, 0.25) is 0 Å². The van der Waals surface area contributed by atoms with E-state index in [0.717, 1.165) is 43.3 Å². The Balaban J connectivity index is 1.75. The minimum atomic E-state index is -1.17. The van der Waals surface area contributed by atoms with E-state index in [-0.39, 0.29) is 5.56 Å². The molecule has 3 rings (SSSR count). The van der Waals surface area contributed by atoms with Crippen LogP contribution in [0.4, 0.5) is 5.82 Å². The maximum atomic E-state index is 11.0. The van der Waals surface area contributed by atoms with Gasteiger partial charge in [-0.15, -0.1) is 0 Å². The van der Waals surface area contributed by atoms with E-state index in [2.05, 4.69) is 16.9 Å². The maximum Gasteiger partial charge on any atom is 0.190 e. The van der Waals surface area contributed by atoms with Crippen molar-refractivity contribution in [3.05, 3.63) is 47.2 Å². The lowest BCUT2D eigenvalue weighted by atomic mass is 10.1. The van der Waals surface area contributed by atoms with Crippen LogP contribution in [0.25, 0.3) is 0 Å². The van der Waals surface area contributed by atoms with Crippen LogP contribution in [-0.4, -0.2) is 56.3 Å². The first-order valence-corrected chi connectivity index (χ1v) is 9.90. The molecule has 1 N–H and O–H groups in total. The standard InChI is InChI=1S/C19H24N4O3S/c1-22-6-8-23(9-7-22)17-11-16(12-26-2)20-19(21-17)27-13-14-4-3-5-15(10-14)18(24)25/h3-5,10-11H,6-9,12-13H2,1-2H3,(H,24,25). The van der Waals surface area contributed by atoms with E-state index in [0.29, 0.717) is 17.5 Å². The number of hydrogen-bond donors (Lipinski definition) is 1. The molecule has 0 bridgehead atoms. The fraction of sp³-hybridized carbons (Fsp3) is 0.421. The summed E-state index contributed by atoms with van der Waals surface area (Å²) >= 11 is 1.49. The third kappa shape index (κ3) is 5.41. The van der Waals surface area contributed by atoms with Crippen LogP contribution in [0, 0.1) is 0 Å². The van der Waals surface area contributed by atoms with E-state index in [1.165, 1.54) is 22.7 Å². The molecule has 1 saturated heterocycles. The molecule has 1 fully saturated rings. The number of carbonyl (C=O) groups is 1. The molecule has 1 aromatic carbocycles. The average Bonchev–Trinajstić information content (AvgIpc) is 2.67. The first kappa shape index (κ1) is 19.6. The molecular weight excluding hydrogens is 364 g/mol. The average molecular weight is 388 g/mol. The molecule has 1 aliphatic heterocycles. The van der Waals surface area contributed by atoms with E-state index in [9.17, 15) is 9.90 Å². The summed E-state index contributed by atoms with van der Waals surface area (Å²) in [5.41, 5.74) is 1.93. The highest BCUT2D eigenvalue weighted by Gasteiger charge is 2.19. The number of ether oxygens (including phenoxy) is 1. The Bertz CT molecular complexity index is 794. The number of nitrogens with zero attached hydrogens (tertiary/aromatic N) is 3. The number of carboxylic acids is 1. The highest BCUT2D eigenvalue weighted by molar-refractivity contribution is 7.98. The second-order valence-corrected chi connectivity index (χ2v) is 7.60. The van der Waals surface area contributed by atoms with Crippen molar-refractivity contribution in [3.8, 4) is 0 Å². The number of methoxy groups -OCH3 is 1. The molecule has 0 aliphatic carbocycles. The van der Waals surface area contributed by atoms with Crippen LogP contribution >= 0.6 is 11.8 Å². The van der Waals surface area contributed by atoms with Crippen molar-refractivity contribution in [1.82, 2.24) is 9.97 Å². The number of aromatic nitrogens is 2. The van der Waals surface area contributed by atoms with Gasteiger partial charge in [0.15, 0.2) is 5.16 Å². The van der Waals surface area contributed by atoms with E-state index >= 15 is 0 Å². The number of piperazine rings is 1. The summed E-state index contributed by atoms with van der Waals surface area (Å²) < 4.78 is 5.25. The molecule has 2 aromatic rings. The van der Waals surface area contributed by atoms with Gasteiger partial charge in [0, 0.05) is 18.9 Å². The van der Waals surface area contributed by atoms with Crippen molar-refractivity contribution in [2.45, 2.75) is 17.5 Å².